The summed E-state index contributed by atoms with van der Waals surface area (Å²) in [6, 6.07) is 7.88. The Kier molecular flexibility index (Phi) is 3.93. The van der Waals surface area contributed by atoms with E-state index in [1.807, 2.05) is 23.7 Å². The van der Waals surface area contributed by atoms with Crippen molar-refractivity contribution in [2.75, 3.05) is 6.54 Å². The molecule has 4 heteroatoms. The molecule has 2 N–H and O–H groups in total. The monoisotopic (exact) mass is 252 g/mol. The average Bonchev–Trinajstić information content (AvgIpc) is 2.78. The summed E-state index contributed by atoms with van der Waals surface area (Å²) in [5.74, 6) is 0.292. The summed E-state index contributed by atoms with van der Waals surface area (Å²) in [4.78, 5) is 4.28. The largest absolute Gasteiger partial charge is 0.330 e. The molecule has 0 aliphatic heterocycles. The van der Waals surface area contributed by atoms with Crippen LogP contribution >= 0.6 is 22.9 Å². The van der Waals surface area contributed by atoms with Crippen molar-refractivity contribution in [2.45, 2.75) is 12.3 Å². The molecular weight excluding hydrogens is 240 g/mol. The summed E-state index contributed by atoms with van der Waals surface area (Å²) in [7, 11) is 0. The number of thiazole rings is 1. The zero-order valence-electron chi connectivity index (χ0n) is 8.77. The Morgan fingerprint density at radius 2 is 2.31 bits per heavy atom. The van der Waals surface area contributed by atoms with Gasteiger partial charge in [-0.2, -0.15) is 0 Å². The lowest BCUT2D eigenvalue weighted by Gasteiger charge is -2.14. The van der Waals surface area contributed by atoms with Crippen molar-refractivity contribution in [3.05, 3.63) is 51.4 Å². The first-order valence-corrected chi connectivity index (χ1v) is 6.44. The van der Waals surface area contributed by atoms with Gasteiger partial charge in [0.25, 0.3) is 0 Å². The predicted octanol–water partition coefficient (Wildman–Crippen LogP) is 3.08. The first kappa shape index (κ1) is 11.6. The summed E-state index contributed by atoms with van der Waals surface area (Å²) in [5.41, 5.74) is 9.93. The number of rotatable bonds is 4. The van der Waals surface area contributed by atoms with E-state index in [1.54, 1.807) is 11.3 Å². The highest BCUT2D eigenvalue weighted by molar-refractivity contribution is 7.07. The normalized spacial score (nSPS) is 12.6. The highest BCUT2D eigenvalue weighted by atomic mass is 35.5. The van der Waals surface area contributed by atoms with Crippen molar-refractivity contribution >= 4 is 22.9 Å². The Hall–Kier alpha value is -0.900. The van der Waals surface area contributed by atoms with E-state index < -0.39 is 0 Å². The van der Waals surface area contributed by atoms with Crippen LogP contribution in [-0.2, 0) is 6.42 Å². The molecule has 1 heterocycles. The quantitative estimate of drug-likeness (QED) is 0.908. The van der Waals surface area contributed by atoms with Crippen LogP contribution in [0.1, 0.15) is 17.2 Å². The second kappa shape index (κ2) is 5.43. The van der Waals surface area contributed by atoms with E-state index in [0.717, 1.165) is 17.1 Å². The Bertz CT molecular complexity index is 442. The van der Waals surface area contributed by atoms with E-state index >= 15 is 0 Å². The average molecular weight is 253 g/mol. The van der Waals surface area contributed by atoms with Crippen molar-refractivity contribution < 1.29 is 0 Å². The smallest absolute Gasteiger partial charge is 0.0794 e. The van der Waals surface area contributed by atoms with Crippen LogP contribution in [0.3, 0.4) is 0 Å². The number of hydrogen-bond donors (Lipinski definition) is 1. The molecule has 1 unspecified atom stereocenters. The number of nitrogens with two attached hydrogens (primary N) is 1. The number of aromatic nitrogens is 1. The van der Waals surface area contributed by atoms with Crippen LogP contribution in [0, 0.1) is 0 Å². The minimum Gasteiger partial charge on any atom is -0.330 e. The van der Waals surface area contributed by atoms with Gasteiger partial charge in [0.05, 0.1) is 11.2 Å². The molecule has 1 aromatic heterocycles. The highest BCUT2D eigenvalue weighted by Crippen LogP contribution is 2.22. The first-order chi connectivity index (χ1) is 7.79. The third-order valence-corrected chi connectivity index (χ3v) is 3.41. The molecule has 0 bridgehead atoms. The molecule has 0 aliphatic rings. The topological polar surface area (TPSA) is 38.9 Å². The highest BCUT2D eigenvalue weighted by Gasteiger charge is 2.11. The molecule has 0 saturated carbocycles. The lowest BCUT2D eigenvalue weighted by atomic mass is 9.95. The fourth-order valence-corrected chi connectivity index (χ4v) is 2.46. The van der Waals surface area contributed by atoms with Gasteiger partial charge in [0.2, 0.25) is 0 Å². The molecule has 1 atom stereocenters. The zero-order valence-corrected chi connectivity index (χ0v) is 10.3. The second-order valence-electron chi connectivity index (χ2n) is 3.67. The van der Waals surface area contributed by atoms with Crippen LogP contribution in [0.2, 0.25) is 5.02 Å². The van der Waals surface area contributed by atoms with Crippen molar-refractivity contribution in [1.29, 1.82) is 0 Å². The summed E-state index contributed by atoms with van der Waals surface area (Å²) < 4.78 is 0. The van der Waals surface area contributed by atoms with E-state index in [1.165, 1.54) is 5.56 Å². The van der Waals surface area contributed by atoms with E-state index in [0.29, 0.717) is 12.5 Å². The Morgan fingerprint density at radius 1 is 1.44 bits per heavy atom. The predicted molar refractivity (Wildman–Crippen MR) is 69.1 cm³/mol. The van der Waals surface area contributed by atoms with Gasteiger partial charge in [0.1, 0.15) is 0 Å². The Labute approximate surface area is 104 Å². The van der Waals surface area contributed by atoms with Crippen LogP contribution in [0.4, 0.5) is 0 Å². The van der Waals surface area contributed by atoms with Gasteiger partial charge in [0, 0.05) is 16.3 Å². The number of hydrogen-bond acceptors (Lipinski definition) is 3. The van der Waals surface area contributed by atoms with Crippen molar-refractivity contribution in [2.24, 2.45) is 5.73 Å². The van der Waals surface area contributed by atoms with Crippen LogP contribution in [0.25, 0.3) is 0 Å². The fraction of sp³-hybridized carbons (Fsp3) is 0.250. The van der Waals surface area contributed by atoms with Gasteiger partial charge in [-0.25, -0.2) is 4.98 Å². The molecule has 1 aromatic carbocycles. The molecule has 2 nitrogen and oxygen atoms in total. The minimum absolute atomic E-state index is 0.292. The summed E-state index contributed by atoms with van der Waals surface area (Å²) >= 11 is 7.59. The van der Waals surface area contributed by atoms with Gasteiger partial charge < -0.3 is 5.73 Å². The summed E-state index contributed by atoms with van der Waals surface area (Å²) in [5, 5.41) is 2.82. The zero-order chi connectivity index (χ0) is 11.4. The second-order valence-corrected chi connectivity index (χ2v) is 4.83. The van der Waals surface area contributed by atoms with E-state index in [4.69, 9.17) is 17.3 Å². The standard InChI is InChI=1S/C12H13ClN2S/c13-11-3-1-2-9(4-11)10(6-14)5-12-7-16-8-15-12/h1-4,7-8,10H,5-6,14H2. The SMILES string of the molecule is NCC(Cc1cscn1)c1cccc(Cl)c1. The number of halogens is 1. The van der Waals surface area contributed by atoms with E-state index in [-0.39, 0.29) is 0 Å². The Balaban J connectivity index is 2.16. The third kappa shape index (κ3) is 2.82. The summed E-state index contributed by atoms with van der Waals surface area (Å²) in [6.07, 6.45) is 0.875. The summed E-state index contributed by atoms with van der Waals surface area (Å²) in [6.45, 7) is 0.609. The molecule has 2 aromatic rings. The maximum Gasteiger partial charge on any atom is 0.0794 e. The first-order valence-electron chi connectivity index (χ1n) is 5.12. The van der Waals surface area contributed by atoms with Gasteiger partial charge in [-0.1, -0.05) is 23.7 Å². The van der Waals surface area contributed by atoms with Crippen molar-refractivity contribution in [3.8, 4) is 0 Å². The Morgan fingerprint density at radius 3 is 2.94 bits per heavy atom. The fourth-order valence-electron chi connectivity index (χ4n) is 1.69. The molecule has 2 rings (SSSR count). The van der Waals surface area contributed by atoms with Gasteiger partial charge in [-0.05, 0) is 30.7 Å². The molecule has 0 amide bonds. The maximum absolute atomic E-state index is 5.97. The van der Waals surface area contributed by atoms with Crippen LogP contribution in [0.15, 0.2) is 35.2 Å². The number of nitrogens with zero attached hydrogens (tertiary/aromatic N) is 1. The molecule has 0 aliphatic carbocycles. The van der Waals surface area contributed by atoms with Crippen LogP contribution in [-0.4, -0.2) is 11.5 Å². The lowest BCUT2D eigenvalue weighted by molar-refractivity contribution is 0.685. The lowest BCUT2D eigenvalue weighted by Crippen LogP contribution is -2.15. The van der Waals surface area contributed by atoms with Crippen LogP contribution < -0.4 is 5.73 Å². The number of benzene rings is 1. The molecule has 0 radical (unpaired) electrons. The molecular formula is C12H13ClN2S. The molecule has 0 saturated heterocycles. The molecule has 0 fully saturated rings. The van der Waals surface area contributed by atoms with Crippen molar-refractivity contribution in [3.63, 3.8) is 0 Å². The van der Waals surface area contributed by atoms with E-state index in [9.17, 15) is 0 Å². The molecule has 16 heavy (non-hydrogen) atoms. The van der Waals surface area contributed by atoms with Gasteiger partial charge >= 0.3 is 0 Å². The maximum atomic E-state index is 5.97. The van der Waals surface area contributed by atoms with Gasteiger partial charge in [0.15, 0.2) is 0 Å². The van der Waals surface area contributed by atoms with Crippen molar-refractivity contribution in [1.82, 2.24) is 4.98 Å². The van der Waals surface area contributed by atoms with Gasteiger partial charge in [-0.15, -0.1) is 11.3 Å². The third-order valence-electron chi connectivity index (χ3n) is 2.54. The molecule has 84 valence electrons. The van der Waals surface area contributed by atoms with Crippen LogP contribution in [0.5, 0.6) is 0 Å². The molecule has 0 spiro atoms. The van der Waals surface area contributed by atoms with Gasteiger partial charge in [-0.3, -0.25) is 0 Å². The van der Waals surface area contributed by atoms with E-state index in [2.05, 4.69) is 16.4 Å². The minimum atomic E-state index is 0.292.